The number of morpholine rings is 1. The van der Waals surface area contributed by atoms with Crippen molar-refractivity contribution in [2.75, 3.05) is 38.3 Å². The van der Waals surface area contributed by atoms with Gasteiger partial charge in [0.1, 0.15) is 0 Å². The third-order valence-corrected chi connectivity index (χ3v) is 3.25. The quantitative estimate of drug-likeness (QED) is 0.860. The highest BCUT2D eigenvalue weighted by Crippen LogP contribution is 2.14. The summed E-state index contributed by atoms with van der Waals surface area (Å²) >= 11 is 0. The maximum Gasteiger partial charge on any atom is 0.0620 e. The molecule has 17 heavy (non-hydrogen) atoms. The van der Waals surface area contributed by atoms with Crippen molar-refractivity contribution >= 4 is 5.69 Å². The lowest BCUT2D eigenvalue weighted by molar-refractivity contribution is 0.0749. The zero-order valence-electron chi connectivity index (χ0n) is 10.8. The van der Waals surface area contributed by atoms with Crippen LogP contribution in [0.1, 0.15) is 12.0 Å². The average Bonchev–Trinajstić information content (AvgIpc) is 2.37. The molecule has 1 aliphatic heterocycles. The van der Waals surface area contributed by atoms with Crippen LogP contribution >= 0.6 is 0 Å². The lowest BCUT2D eigenvalue weighted by atomic mass is 10.1. The van der Waals surface area contributed by atoms with Crippen molar-refractivity contribution in [2.24, 2.45) is 0 Å². The van der Waals surface area contributed by atoms with E-state index in [2.05, 4.69) is 48.5 Å². The van der Waals surface area contributed by atoms with Crippen LogP contribution in [0.25, 0.3) is 0 Å². The van der Waals surface area contributed by atoms with Crippen LogP contribution in [0.15, 0.2) is 24.3 Å². The lowest BCUT2D eigenvalue weighted by Crippen LogP contribution is -2.42. The molecule has 1 unspecified atom stereocenters. The molecule has 94 valence electrons. The number of benzene rings is 1. The molecule has 0 aliphatic carbocycles. The van der Waals surface area contributed by atoms with Gasteiger partial charge in [-0.25, -0.2) is 0 Å². The number of ether oxygens (including phenoxy) is 1. The Bertz CT molecular complexity index is 348. The van der Waals surface area contributed by atoms with E-state index in [4.69, 9.17) is 4.74 Å². The fraction of sp³-hybridized carbons (Fsp3) is 0.571. The number of nitrogens with one attached hydrogen (secondary N) is 1. The molecular formula is C14H22N2O. The summed E-state index contributed by atoms with van der Waals surface area (Å²) in [5.41, 5.74) is 2.61. The molecule has 0 bridgehead atoms. The number of anilines is 1. The first-order valence-electron chi connectivity index (χ1n) is 6.34. The van der Waals surface area contributed by atoms with E-state index in [1.165, 1.54) is 11.3 Å². The third kappa shape index (κ3) is 3.72. The minimum absolute atomic E-state index is 0.510. The van der Waals surface area contributed by atoms with Gasteiger partial charge in [-0.05, 0) is 31.0 Å². The number of nitrogens with zero attached hydrogens (tertiary/aromatic N) is 1. The summed E-state index contributed by atoms with van der Waals surface area (Å²) in [5, 5.41) is 3.49. The highest BCUT2D eigenvalue weighted by molar-refractivity contribution is 5.47. The highest BCUT2D eigenvalue weighted by atomic mass is 16.5. The Morgan fingerprint density at radius 2 is 2.35 bits per heavy atom. The molecule has 1 aliphatic rings. The average molecular weight is 234 g/mol. The second-order valence-corrected chi connectivity index (χ2v) is 4.78. The van der Waals surface area contributed by atoms with E-state index in [0.29, 0.717) is 6.04 Å². The van der Waals surface area contributed by atoms with Gasteiger partial charge < -0.3 is 15.0 Å². The minimum atomic E-state index is 0.510. The standard InChI is InChI=1S/C14H22N2O/c1-12-4-3-5-14(10-12)16(2)8-6-13-11-17-9-7-15-13/h3-5,10,13,15H,6-9,11H2,1-2H3. The molecule has 0 saturated carbocycles. The van der Waals surface area contributed by atoms with Gasteiger partial charge in [0.05, 0.1) is 13.2 Å². The number of hydrogen-bond acceptors (Lipinski definition) is 3. The van der Waals surface area contributed by atoms with Crippen molar-refractivity contribution in [3.05, 3.63) is 29.8 Å². The highest BCUT2D eigenvalue weighted by Gasteiger charge is 2.13. The maximum atomic E-state index is 5.46. The topological polar surface area (TPSA) is 24.5 Å². The number of aryl methyl sites for hydroxylation is 1. The Balaban J connectivity index is 1.82. The smallest absolute Gasteiger partial charge is 0.0620 e. The summed E-state index contributed by atoms with van der Waals surface area (Å²) < 4.78 is 5.46. The monoisotopic (exact) mass is 234 g/mol. The van der Waals surface area contributed by atoms with Gasteiger partial charge >= 0.3 is 0 Å². The molecule has 0 spiro atoms. The maximum absolute atomic E-state index is 5.46. The second kappa shape index (κ2) is 6.03. The van der Waals surface area contributed by atoms with Crippen LogP contribution in [0.3, 0.4) is 0 Å². The molecule has 3 heteroatoms. The van der Waals surface area contributed by atoms with Gasteiger partial charge in [0, 0.05) is 31.9 Å². The van der Waals surface area contributed by atoms with Crippen LogP contribution in [0.5, 0.6) is 0 Å². The van der Waals surface area contributed by atoms with Gasteiger partial charge in [-0.15, -0.1) is 0 Å². The van der Waals surface area contributed by atoms with E-state index in [-0.39, 0.29) is 0 Å². The first-order chi connectivity index (χ1) is 8.25. The summed E-state index contributed by atoms with van der Waals surface area (Å²) in [7, 11) is 2.15. The van der Waals surface area contributed by atoms with Crippen LogP contribution in [0.4, 0.5) is 5.69 Å². The fourth-order valence-electron chi connectivity index (χ4n) is 2.15. The Morgan fingerprint density at radius 3 is 3.06 bits per heavy atom. The van der Waals surface area contributed by atoms with Crippen molar-refractivity contribution in [1.29, 1.82) is 0 Å². The van der Waals surface area contributed by atoms with Crippen LogP contribution < -0.4 is 10.2 Å². The Kier molecular flexibility index (Phi) is 4.40. The van der Waals surface area contributed by atoms with E-state index in [1.54, 1.807) is 0 Å². The minimum Gasteiger partial charge on any atom is -0.379 e. The number of hydrogen-bond donors (Lipinski definition) is 1. The van der Waals surface area contributed by atoms with E-state index < -0.39 is 0 Å². The predicted molar refractivity (Wildman–Crippen MR) is 71.7 cm³/mol. The molecule has 1 atom stereocenters. The van der Waals surface area contributed by atoms with Crippen LogP contribution in [0, 0.1) is 6.92 Å². The Labute approximate surface area is 104 Å². The second-order valence-electron chi connectivity index (χ2n) is 4.78. The van der Waals surface area contributed by atoms with Gasteiger partial charge in [-0.3, -0.25) is 0 Å². The van der Waals surface area contributed by atoms with Gasteiger partial charge in [0.25, 0.3) is 0 Å². The summed E-state index contributed by atoms with van der Waals surface area (Å²) in [5.74, 6) is 0. The molecule has 2 rings (SSSR count). The Morgan fingerprint density at radius 1 is 1.47 bits per heavy atom. The van der Waals surface area contributed by atoms with Crippen molar-refractivity contribution in [3.63, 3.8) is 0 Å². The molecule has 1 heterocycles. The molecule has 1 fully saturated rings. The lowest BCUT2D eigenvalue weighted by Gasteiger charge is -2.27. The zero-order chi connectivity index (χ0) is 12.1. The molecule has 1 aromatic rings. The third-order valence-electron chi connectivity index (χ3n) is 3.25. The van der Waals surface area contributed by atoms with Gasteiger partial charge in [0.15, 0.2) is 0 Å². The van der Waals surface area contributed by atoms with E-state index in [9.17, 15) is 0 Å². The molecule has 1 saturated heterocycles. The first kappa shape index (κ1) is 12.4. The molecule has 1 N–H and O–H groups in total. The summed E-state index contributed by atoms with van der Waals surface area (Å²) in [6.07, 6.45) is 1.13. The van der Waals surface area contributed by atoms with Gasteiger partial charge in [0.2, 0.25) is 0 Å². The van der Waals surface area contributed by atoms with Crippen LogP contribution in [-0.4, -0.2) is 39.4 Å². The molecular weight excluding hydrogens is 212 g/mol. The van der Waals surface area contributed by atoms with Gasteiger partial charge in [-0.1, -0.05) is 12.1 Å². The largest absolute Gasteiger partial charge is 0.379 e. The van der Waals surface area contributed by atoms with Crippen molar-refractivity contribution in [2.45, 2.75) is 19.4 Å². The number of rotatable bonds is 4. The fourth-order valence-corrected chi connectivity index (χ4v) is 2.15. The molecule has 1 aromatic carbocycles. The van der Waals surface area contributed by atoms with Gasteiger partial charge in [-0.2, -0.15) is 0 Å². The summed E-state index contributed by atoms with van der Waals surface area (Å²) in [4.78, 5) is 2.31. The Hall–Kier alpha value is -1.06. The van der Waals surface area contributed by atoms with Crippen molar-refractivity contribution in [1.82, 2.24) is 5.32 Å². The summed E-state index contributed by atoms with van der Waals surface area (Å²) in [6.45, 7) is 5.88. The van der Waals surface area contributed by atoms with E-state index in [1.807, 2.05) is 0 Å². The SMILES string of the molecule is Cc1cccc(N(C)CCC2COCCN2)c1. The zero-order valence-corrected chi connectivity index (χ0v) is 10.8. The molecule has 0 aromatic heterocycles. The first-order valence-corrected chi connectivity index (χ1v) is 6.34. The molecule has 0 radical (unpaired) electrons. The molecule has 0 amide bonds. The summed E-state index contributed by atoms with van der Waals surface area (Å²) in [6, 6.07) is 9.15. The van der Waals surface area contributed by atoms with Crippen molar-refractivity contribution in [3.8, 4) is 0 Å². The van der Waals surface area contributed by atoms with E-state index >= 15 is 0 Å². The predicted octanol–water partition coefficient (Wildman–Crippen LogP) is 1.81. The molecule has 3 nitrogen and oxygen atoms in total. The van der Waals surface area contributed by atoms with E-state index in [0.717, 1.165) is 32.7 Å². The van der Waals surface area contributed by atoms with Crippen molar-refractivity contribution < 1.29 is 4.74 Å². The van der Waals surface area contributed by atoms with Crippen LogP contribution in [-0.2, 0) is 4.74 Å². The normalized spacial score (nSPS) is 20.2. The van der Waals surface area contributed by atoms with Crippen LogP contribution in [0.2, 0.25) is 0 Å².